The third kappa shape index (κ3) is 3.69. The molecule has 0 radical (unpaired) electrons. The first-order valence-electron chi connectivity index (χ1n) is 7.36. The summed E-state index contributed by atoms with van der Waals surface area (Å²) in [7, 11) is 0. The van der Waals surface area contributed by atoms with E-state index in [4.69, 9.17) is 16.3 Å². The van der Waals surface area contributed by atoms with Gasteiger partial charge in [-0.05, 0) is 5.56 Å². The van der Waals surface area contributed by atoms with Crippen LogP contribution in [0.25, 0.3) is 0 Å². The zero-order valence-electron chi connectivity index (χ0n) is 12.6. The summed E-state index contributed by atoms with van der Waals surface area (Å²) in [5, 5.41) is 13.9. The van der Waals surface area contributed by atoms with Gasteiger partial charge >= 0.3 is 5.69 Å². The lowest BCUT2D eigenvalue weighted by atomic mass is 9.89. The van der Waals surface area contributed by atoms with Crippen LogP contribution in [0.15, 0.2) is 48.8 Å². The Labute approximate surface area is 143 Å². The summed E-state index contributed by atoms with van der Waals surface area (Å²) in [5.74, 6) is 0.226. The SMILES string of the molecule is O=[N+]([O-])c1c(Cl)ncnc1N[C@H]1C=C[C@H]1COCc1ccccc1. The highest BCUT2D eigenvalue weighted by molar-refractivity contribution is 6.31. The molecule has 0 amide bonds. The summed E-state index contributed by atoms with van der Waals surface area (Å²) < 4.78 is 5.71. The smallest absolute Gasteiger partial charge is 0.348 e. The van der Waals surface area contributed by atoms with Crippen LogP contribution in [0.1, 0.15) is 5.56 Å². The molecule has 1 N–H and O–H groups in total. The van der Waals surface area contributed by atoms with Crippen molar-refractivity contribution in [2.75, 3.05) is 11.9 Å². The third-order valence-electron chi connectivity index (χ3n) is 3.71. The summed E-state index contributed by atoms with van der Waals surface area (Å²) in [6.45, 7) is 1.03. The Bertz CT molecular complexity index is 754. The van der Waals surface area contributed by atoms with Crippen molar-refractivity contribution in [3.05, 3.63) is 69.6 Å². The molecule has 8 heteroatoms. The van der Waals surface area contributed by atoms with Gasteiger partial charge in [-0.3, -0.25) is 10.1 Å². The lowest BCUT2D eigenvalue weighted by Crippen LogP contribution is -2.36. The molecule has 0 saturated heterocycles. The second-order valence-corrected chi connectivity index (χ2v) is 5.70. The number of ether oxygens (including phenoxy) is 1. The Morgan fingerprint density at radius 3 is 2.71 bits per heavy atom. The van der Waals surface area contributed by atoms with Gasteiger partial charge in [0.2, 0.25) is 11.0 Å². The highest BCUT2D eigenvalue weighted by Crippen LogP contribution is 2.31. The largest absolute Gasteiger partial charge is 0.376 e. The minimum Gasteiger partial charge on any atom is -0.376 e. The summed E-state index contributed by atoms with van der Waals surface area (Å²) in [6.07, 6.45) is 5.11. The molecule has 24 heavy (non-hydrogen) atoms. The Morgan fingerprint density at radius 1 is 1.25 bits per heavy atom. The first-order chi connectivity index (χ1) is 11.6. The molecule has 124 valence electrons. The standard InChI is InChI=1S/C16H15ClN4O3/c17-15-14(21(22)23)16(19-10-18-15)20-13-7-6-12(13)9-24-8-11-4-2-1-3-5-11/h1-7,10,12-13H,8-9H2,(H,18,19,20)/t12-,13-/m0/s1. The number of hydrogen-bond donors (Lipinski definition) is 1. The van der Waals surface area contributed by atoms with Crippen LogP contribution in [0, 0.1) is 16.0 Å². The van der Waals surface area contributed by atoms with Crippen LogP contribution in [0.3, 0.4) is 0 Å². The first-order valence-corrected chi connectivity index (χ1v) is 7.74. The Hall–Kier alpha value is -2.51. The van der Waals surface area contributed by atoms with Crippen molar-refractivity contribution in [3.8, 4) is 0 Å². The molecule has 1 heterocycles. The van der Waals surface area contributed by atoms with Crippen molar-refractivity contribution < 1.29 is 9.66 Å². The van der Waals surface area contributed by atoms with Crippen molar-refractivity contribution in [3.63, 3.8) is 0 Å². The van der Waals surface area contributed by atoms with E-state index in [2.05, 4.69) is 15.3 Å². The molecule has 0 bridgehead atoms. The van der Waals surface area contributed by atoms with E-state index in [0.29, 0.717) is 13.2 Å². The van der Waals surface area contributed by atoms with Crippen LogP contribution >= 0.6 is 11.6 Å². The maximum absolute atomic E-state index is 11.1. The average Bonchev–Trinajstić information content (AvgIpc) is 2.56. The molecule has 3 rings (SSSR count). The van der Waals surface area contributed by atoms with Gasteiger partial charge in [-0.2, -0.15) is 0 Å². The van der Waals surface area contributed by atoms with E-state index in [1.165, 1.54) is 6.33 Å². The van der Waals surface area contributed by atoms with E-state index in [9.17, 15) is 10.1 Å². The number of benzene rings is 1. The fraction of sp³-hybridized carbons (Fsp3) is 0.250. The van der Waals surface area contributed by atoms with Gasteiger partial charge in [-0.15, -0.1) is 0 Å². The van der Waals surface area contributed by atoms with Crippen molar-refractivity contribution >= 4 is 23.1 Å². The Balaban J connectivity index is 1.57. The number of nitro groups is 1. The van der Waals surface area contributed by atoms with Crippen LogP contribution in [-0.4, -0.2) is 27.5 Å². The highest BCUT2D eigenvalue weighted by Gasteiger charge is 2.29. The van der Waals surface area contributed by atoms with Crippen LogP contribution in [0.4, 0.5) is 11.5 Å². The van der Waals surface area contributed by atoms with Gasteiger partial charge in [0.1, 0.15) is 6.33 Å². The molecule has 2 atom stereocenters. The van der Waals surface area contributed by atoms with Gasteiger partial charge in [0.15, 0.2) is 0 Å². The van der Waals surface area contributed by atoms with Crippen molar-refractivity contribution in [1.82, 2.24) is 9.97 Å². The number of nitrogens with one attached hydrogen (secondary N) is 1. The van der Waals surface area contributed by atoms with Crippen LogP contribution in [-0.2, 0) is 11.3 Å². The minimum atomic E-state index is -0.589. The summed E-state index contributed by atoms with van der Waals surface area (Å²) in [4.78, 5) is 18.1. The van der Waals surface area contributed by atoms with Crippen LogP contribution in [0.5, 0.6) is 0 Å². The predicted octanol–water partition coefficient (Wildman–Crippen LogP) is 3.22. The van der Waals surface area contributed by atoms with Gasteiger partial charge in [0.05, 0.1) is 24.2 Å². The summed E-state index contributed by atoms with van der Waals surface area (Å²) in [5.41, 5.74) is 0.784. The molecule has 7 nitrogen and oxygen atoms in total. The normalized spacial score (nSPS) is 18.9. The second-order valence-electron chi connectivity index (χ2n) is 5.34. The number of nitrogens with zero attached hydrogens (tertiary/aromatic N) is 3. The molecular formula is C16H15ClN4O3. The van der Waals surface area contributed by atoms with Gasteiger partial charge in [0.25, 0.3) is 0 Å². The van der Waals surface area contributed by atoms with E-state index < -0.39 is 4.92 Å². The Kier molecular flexibility index (Phi) is 5.02. The van der Waals surface area contributed by atoms with Gasteiger partial charge in [0, 0.05) is 5.92 Å². The molecule has 0 spiro atoms. The lowest BCUT2D eigenvalue weighted by Gasteiger charge is -2.30. The van der Waals surface area contributed by atoms with E-state index >= 15 is 0 Å². The number of rotatable bonds is 7. The average molecular weight is 347 g/mol. The summed E-state index contributed by atoms with van der Waals surface area (Å²) >= 11 is 5.78. The molecule has 1 aliphatic carbocycles. The second kappa shape index (κ2) is 7.37. The molecule has 0 fully saturated rings. The quantitative estimate of drug-likeness (QED) is 0.358. The fourth-order valence-corrected chi connectivity index (χ4v) is 2.57. The van der Waals surface area contributed by atoms with E-state index in [1.807, 2.05) is 42.5 Å². The fourth-order valence-electron chi connectivity index (χ4n) is 2.36. The zero-order chi connectivity index (χ0) is 16.9. The van der Waals surface area contributed by atoms with Crippen LogP contribution < -0.4 is 5.32 Å². The maximum atomic E-state index is 11.1. The first kappa shape index (κ1) is 16.4. The third-order valence-corrected chi connectivity index (χ3v) is 3.99. The zero-order valence-corrected chi connectivity index (χ0v) is 13.4. The number of aromatic nitrogens is 2. The van der Waals surface area contributed by atoms with Crippen molar-refractivity contribution in [2.45, 2.75) is 12.6 Å². The minimum absolute atomic E-state index is 0.0922. The van der Waals surface area contributed by atoms with E-state index in [0.717, 1.165) is 5.56 Å². The Morgan fingerprint density at radius 2 is 2.04 bits per heavy atom. The maximum Gasteiger partial charge on any atom is 0.348 e. The topological polar surface area (TPSA) is 90.2 Å². The molecular weight excluding hydrogens is 332 g/mol. The molecule has 1 aromatic heterocycles. The van der Waals surface area contributed by atoms with Crippen LogP contribution in [0.2, 0.25) is 5.15 Å². The molecule has 0 unspecified atom stereocenters. The number of halogens is 1. The van der Waals surface area contributed by atoms with Gasteiger partial charge in [-0.25, -0.2) is 9.97 Å². The predicted molar refractivity (Wildman–Crippen MR) is 89.8 cm³/mol. The number of hydrogen-bond acceptors (Lipinski definition) is 6. The molecule has 0 aliphatic heterocycles. The molecule has 1 aromatic carbocycles. The highest BCUT2D eigenvalue weighted by atomic mass is 35.5. The van der Waals surface area contributed by atoms with E-state index in [1.54, 1.807) is 0 Å². The molecule has 0 saturated carbocycles. The van der Waals surface area contributed by atoms with Gasteiger partial charge < -0.3 is 10.1 Å². The number of anilines is 1. The monoisotopic (exact) mass is 346 g/mol. The molecule has 2 aromatic rings. The molecule has 1 aliphatic rings. The van der Waals surface area contributed by atoms with E-state index in [-0.39, 0.29) is 28.6 Å². The summed E-state index contributed by atoms with van der Waals surface area (Å²) in [6, 6.07) is 9.79. The van der Waals surface area contributed by atoms with Crippen molar-refractivity contribution in [2.24, 2.45) is 5.92 Å². The van der Waals surface area contributed by atoms with Gasteiger partial charge in [-0.1, -0.05) is 54.1 Å². The lowest BCUT2D eigenvalue weighted by molar-refractivity contribution is -0.384. The van der Waals surface area contributed by atoms with Crippen molar-refractivity contribution in [1.29, 1.82) is 0 Å².